The number of hydrogen-bond acceptors (Lipinski definition) is 5. The molecule has 1 aromatic carbocycles. The number of para-hydroxylation sites is 1. The van der Waals surface area contributed by atoms with E-state index in [9.17, 15) is 0 Å². The summed E-state index contributed by atoms with van der Waals surface area (Å²) in [6, 6.07) is 9.71. The van der Waals surface area contributed by atoms with E-state index in [1.54, 1.807) is 0 Å². The Hall–Kier alpha value is -2.14. The molecule has 1 unspecified atom stereocenters. The molecule has 5 nitrogen and oxygen atoms in total. The summed E-state index contributed by atoms with van der Waals surface area (Å²) >= 11 is 0. The van der Waals surface area contributed by atoms with Gasteiger partial charge >= 0.3 is 0 Å². The van der Waals surface area contributed by atoms with E-state index >= 15 is 0 Å². The fourth-order valence-electron chi connectivity index (χ4n) is 2.49. The average Bonchev–Trinajstić information content (AvgIpc) is 3.04. The van der Waals surface area contributed by atoms with Crippen LogP contribution in [0.4, 0.5) is 0 Å². The molecular weight excluding hydrogens is 254 g/mol. The van der Waals surface area contributed by atoms with E-state index in [4.69, 9.17) is 14.7 Å². The van der Waals surface area contributed by atoms with Gasteiger partial charge in [-0.05, 0) is 37.8 Å². The zero-order chi connectivity index (χ0) is 13.7. The molecule has 1 fully saturated rings. The molecule has 4 rings (SSSR count). The van der Waals surface area contributed by atoms with Crippen molar-refractivity contribution in [2.24, 2.45) is 11.7 Å². The summed E-state index contributed by atoms with van der Waals surface area (Å²) < 4.78 is 11.1. The second-order valence-electron chi connectivity index (χ2n) is 5.63. The largest absolute Gasteiger partial charge is 0.453 e. The Bertz CT molecular complexity index is 735. The van der Waals surface area contributed by atoms with Gasteiger partial charge in [-0.25, -0.2) is 0 Å². The van der Waals surface area contributed by atoms with Crippen molar-refractivity contribution < 1.29 is 8.94 Å². The van der Waals surface area contributed by atoms with Crippen LogP contribution in [-0.4, -0.2) is 10.1 Å². The summed E-state index contributed by atoms with van der Waals surface area (Å²) in [4.78, 5) is 4.41. The lowest BCUT2D eigenvalue weighted by molar-refractivity contribution is 0.273. The summed E-state index contributed by atoms with van der Waals surface area (Å²) in [6.07, 6.45) is 2.24. The number of rotatable bonds is 3. The van der Waals surface area contributed by atoms with Crippen molar-refractivity contribution in [1.29, 1.82) is 0 Å². The fourth-order valence-corrected chi connectivity index (χ4v) is 2.49. The van der Waals surface area contributed by atoms with Gasteiger partial charge in [0.1, 0.15) is 5.58 Å². The van der Waals surface area contributed by atoms with E-state index in [-0.39, 0.29) is 0 Å². The van der Waals surface area contributed by atoms with E-state index < -0.39 is 5.54 Å². The Morgan fingerprint density at radius 2 is 2.10 bits per heavy atom. The third-order valence-corrected chi connectivity index (χ3v) is 3.96. The van der Waals surface area contributed by atoms with Crippen LogP contribution < -0.4 is 5.73 Å². The summed E-state index contributed by atoms with van der Waals surface area (Å²) in [5, 5.41) is 5.02. The zero-order valence-corrected chi connectivity index (χ0v) is 11.2. The van der Waals surface area contributed by atoms with Crippen molar-refractivity contribution in [2.75, 3.05) is 0 Å². The van der Waals surface area contributed by atoms with Crippen LogP contribution in [0.15, 0.2) is 39.3 Å². The first-order chi connectivity index (χ1) is 9.64. The predicted molar refractivity (Wildman–Crippen MR) is 73.8 cm³/mol. The van der Waals surface area contributed by atoms with Crippen LogP contribution >= 0.6 is 0 Å². The van der Waals surface area contributed by atoms with Gasteiger partial charge in [0, 0.05) is 5.39 Å². The third kappa shape index (κ3) is 1.74. The highest BCUT2D eigenvalue weighted by atomic mass is 16.5. The van der Waals surface area contributed by atoms with E-state index in [2.05, 4.69) is 10.1 Å². The van der Waals surface area contributed by atoms with Crippen molar-refractivity contribution in [3.05, 3.63) is 36.2 Å². The van der Waals surface area contributed by atoms with Gasteiger partial charge in [0.25, 0.3) is 0 Å². The first-order valence-electron chi connectivity index (χ1n) is 6.76. The molecule has 2 N–H and O–H groups in total. The summed E-state index contributed by atoms with van der Waals surface area (Å²) in [7, 11) is 0. The Kier molecular flexibility index (Phi) is 2.29. The second-order valence-corrected chi connectivity index (χ2v) is 5.63. The molecule has 0 aliphatic heterocycles. The van der Waals surface area contributed by atoms with Gasteiger partial charge in [-0.2, -0.15) is 4.98 Å². The number of furan rings is 1. The van der Waals surface area contributed by atoms with Crippen LogP contribution in [0.25, 0.3) is 22.6 Å². The SMILES string of the molecule is CC(N)(c1nc(-c2cc3ccccc3o2)no1)C1CC1. The molecule has 1 saturated carbocycles. The molecule has 2 heterocycles. The number of benzene rings is 1. The lowest BCUT2D eigenvalue weighted by Crippen LogP contribution is -2.35. The van der Waals surface area contributed by atoms with Crippen molar-refractivity contribution in [3.63, 3.8) is 0 Å². The van der Waals surface area contributed by atoms with Gasteiger partial charge in [-0.3, -0.25) is 0 Å². The van der Waals surface area contributed by atoms with E-state index in [1.165, 1.54) is 0 Å². The molecule has 1 atom stereocenters. The lowest BCUT2D eigenvalue weighted by Gasteiger charge is -2.18. The minimum absolute atomic E-state index is 0.437. The molecule has 1 aliphatic rings. The molecule has 5 heteroatoms. The van der Waals surface area contributed by atoms with Crippen LogP contribution in [0, 0.1) is 5.92 Å². The molecule has 0 radical (unpaired) electrons. The summed E-state index contributed by atoms with van der Waals surface area (Å²) in [5.74, 6) is 1.98. The zero-order valence-electron chi connectivity index (χ0n) is 11.2. The number of hydrogen-bond donors (Lipinski definition) is 1. The Morgan fingerprint density at radius 3 is 2.85 bits per heavy atom. The van der Waals surface area contributed by atoms with Crippen LogP contribution in [0.1, 0.15) is 25.7 Å². The minimum atomic E-state index is -0.544. The average molecular weight is 269 g/mol. The van der Waals surface area contributed by atoms with Crippen LogP contribution in [0.3, 0.4) is 0 Å². The lowest BCUT2D eigenvalue weighted by atomic mass is 9.97. The molecule has 0 bridgehead atoms. The van der Waals surface area contributed by atoms with Crippen molar-refractivity contribution in [3.8, 4) is 11.6 Å². The first kappa shape index (κ1) is 11.7. The van der Waals surface area contributed by atoms with Gasteiger partial charge in [0.2, 0.25) is 11.7 Å². The van der Waals surface area contributed by atoms with Gasteiger partial charge < -0.3 is 14.7 Å². The smallest absolute Gasteiger partial charge is 0.247 e. The van der Waals surface area contributed by atoms with Gasteiger partial charge in [-0.1, -0.05) is 23.4 Å². The van der Waals surface area contributed by atoms with E-state index in [1.807, 2.05) is 37.3 Å². The number of nitrogens with zero attached hydrogens (tertiary/aromatic N) is 2. The minimum Gasteiger partial charge on any atom is -0.453 e. The standard InChI is InChI=1S/C15H15N3O2/c1-15(16,10-6-7-10)14-17-13(18-20-14)12-8-9-4-2-3-5-11(9)19-12/h2-5,8,10H,6-7,16H2,1H3. The number of aromatic nitrogens is 2. The van der Waals surface area contributed by atoms with Crippen LogP contribution in [-0.2, 0) is 5.54 Å². The maximum Gasteiger partial charge on any atom is 0.247 e. The Labute approximate surface area is 115 Å². The van der Waals surface area contributed by atoms with Gasteiger partial charge in [0.05, 0.1) is 5.54 Å². The highest BCUT2D eigenvalue weighted by molar-refractivity contribution is 5.81. The maximum atomic E-state index is 6.28. The maximum absolute atomic E-state index is 6.28. The molecule has 20 heavy (non-hydrogen) atoms. The molecule has 3 aromatic rings. The number of fused-ring (bicyclic) bond motifs is 1. The van der Waals surface area contributed by atoms with Crippen LogP contribution in [0.5, 0.6) is 0 Å². The van der Waals surface area contributed by atoms with Gasteiger partial charge in [0.15, 0.2) is 5.76 Å². The molecular formula is C15H15N3O2. The van der Waals surface area contributed by atoms with E-state index in [0.717, 1.165) is 23.8 Å². The monoisotopic (exact) mass is 269 g/mol. The Balaban J connectivity index is 1.74. The normalized spacial score (nSPS) is 18.3. The summed E-state index contributed by atoms with van der Waals surface area (Å²) in [5.41, 5.74) is 6.55. The predicted octanol–water partition coefficient (Wildman–Crippen LogP) is 3.07. The Morgan fingerprint density at radius 1 is 1.30 bits per heavy atom. The summed E-state index contributed by atoms with van der Waals surface area (Å²) in [6.45, 7) is 1.95. The fraction of sp³-hybridized carbons (Fsp3) is 0.333. The molecule has 0 spiro atoms. The highest BCUT2D eigenvalue weighted by Crippen LogP contribution is 2.43. The molecule has 0 amide bonds. The quantitative estimate of drug-likeness (QED) is 0.790. The van der Waals surface area contributed by atoms with Crippen molar-refractivity contribution in [1.82, 2.24) is 10.1 Å². The highest BCUT2D eigenvalue weighted by Gasteiger charge is 2.44. The van der Waals surface area contributed by atoms with E-state index in [0.29, 0.717) is 23.4 Å². The van der Waals surface area contributed by atoms with Crippen molar-refractivity contribution in [2.45, 2.75) is 25.3 Å². The molecule has 0 saturated heterocycles. The second kappa shape index (κ2) is 3.93. The van der Waals surface area contributed by atoms with Crippen molar-refractivity contribution >= 4 is 11.0 Å². The molecule has 1 aliphatic carbocycles. The topological polar surface area (TPSA) is 78.1 Å². The number of nitrogens with two attached hydrogens (primary N) is 1. The van der Waals surface area contributed by atoms with Crippen LogP contribution in [0.2, 0.25) is 0 Å². The first-order valence-corrected chi connectivity index (χ1v) is 6.76. The van der Waals surface area contributed by atoms with Gasteiger partial charge in [-0.15, -0.1) is 0 Å². The molecule has 2 aromatic heterocycles. The molecule has 102 valence electrons. The third-order valence-electron chi connectivity index (χ3n) is 3.96.